The van der Waals surface area contributed by atoms with Crippen molar-refractivity contribution in [1.29, 1.82) is 0 Å². The average Bonchev–Trinajstić information content (AvgIpc) is 3.04. The van der Waals surface area contributed by atoms with Crippen molar-refractivity contribution in [3.05, 3.63) is 29.8 Å². The summed E-state index contributed by atoms with van der Waals surface area (Å²) in [5.74, 6) is -0.651. The molecule has 0 bridgehead atoms. The minimum Gasteiger partial charge on any atom is -0.379 e. The number of rotatable bonds is 9. The van der Waals surface area contributed by atoms with Gasteiger partial charge in [-0.25, -0.2) is 0 Å². The van der Waals surface area contributed by atoms with E-state index in [1.165, 1.54) is 0 Å². The van der Waals surface area contributed by atoms with Crippen LogP contribution in [-0.2, 0) is 14.3 Å². The first-order valence-corrected chi connectivity index (χ1v) is 9.88. The summed E-state index contributed by atoms with van der Waals surface area (Å²) < 4.78 is 5.43. The van der Waals surface area contributed by atoms with Crippen molar-refractivity contribution in [3.8, 4) is 0 Å². The van der Waals surface area contributed by atoms with Gasteiger partial charge in [-0.15, -0.1) is 0 Å². The summed E-state index contributed by atoms with van der Waals surface area (Å²) in [4.78, 5) is 38.2. The Balaban J connectivity index is 1.80. The van der Waals surface area contributed by atoms with Gasteiger partial charge in [0.05, 0.1) is 12.0 Å². The largest absolute Gasteiger partial charge is 0.379 e. The molecule has 2 N–H and O–H groups in total. The van der Waals surface area contributed by atoms with Crippen molar-refractivity contribution >= 4 is 23.4 Å². The lowest BCUT2D eigenvalue weighted by Gasteiger charge is -2.20. The highest BCUT2D eigenvalue weighted by atomic mass is 16.5. The number of likely N-dealkylation sites (tertiary alicyclic amines) is 1. The third-order valence-corrected chi connectivity index (χ3v) is 4.63. The standard InChI is InChI=1S/C21H31N3O4/c1-14(2)24-13-17(12-19(24)25)21(27)23-18-8-6-16(7-9-18)20(26)22-10-5-11-28-15(3)4/h6-9,14-15,17H,5,10-13H2,1-4H3,(H,22,26)(H,23,27). The molecule has 2 rings (SSSR count). The SMILES string of the molecule is CC(C)OCCCNC(=O)c1ccc(NC(=O)C2CC(=O)N(C(C)C)C2)cc1. The van der Waals surface area contributed by atoms with Gasteiger partial charge in [0.15, 0.2) is 0 Å². The van der Waals surface area contributed by atoms with Crippen LogP contribution in [0.2, 0.25) is 0 Å². The monoisotopic (exact) mass is 389 g/mol. The molecular weight excluding hydrogens is 358 g/mol. The first kappa shape index (κ1) is 21.9. The highest BCUT2D eigenvalue weighted by molar-refractivity contribution is 5.98. The van der Waals surface area contributed by atoms with Crippen LogP contribution in [0.4, 0.5) is 5.69 Å². The van der Waals surface area contributed by atoms with Gasteiger partial charge >= 0.3 is 0 Å². The van der Waals surface area contributed by atoms with Gasteiger partial charge in [-0.2, -0.15) is 0 Å². The van der Waals surface area contributed by atoms with Crippen LogP contribution < -0.4 is 10.6 Å². The minimum atomic E-state index is -0.342. The summed E-state index contributed by atoms with van der Waals surface area (Å²) in [7, 11) is 0. The maximum absolute atomic E-state index is 12.4. The number of nitrogens with zero attached hydrogens (tertiary/aromatic N) is 1. The smallest absolute Gasteiger partial charge is 0.251 e. The molecule has 1 atom stereocenters. The summed E-state index contributed by atoms with van der Waals surface area (Å²) in [6.45, 7) is 9.45. The Labute approximate surface area is 166 Å². The van der Waals surface area contributed by atoms with Crippen LogP contribution in [-0.4, -0.2) is 54.5 Å². The van der Waals surface area contributed by atoms with Crippen molar-refractivity contribution in [1.82, 2.24) is 10.2 Å². The summed E-state index contributed by atoms with van der Waals surface area (Å²) in [6.07, 6.45) is 1.19. The molecule has 28 heavy (non-hydrogen) atoms. The Kier molecular flexibility index (Phi) is 7.99. The zero-order valence-corrected chi connectivity index (χ0v) is 17.2. The second kappa shape index (κ2) is 10.2. The van der Waals surface area contributed by atoms with E-state index in [4.69, 9.17) is 4.74 Å². The molecule has 3 amide bonds. The molecule has 1 unspecified atom stereocenters. The second-order valence-electron chi connectivity index (χ2n) is 7.64. The van der Waals surface area contributed by atoms with E-state index in [1.807, 2.05) is 27.7 Å². The molecule has 1 heterocycles. The van der Waals surface area contributed by atoms with E-state index in [-0.39, 0.29) is 42.2 Å². The molecule has 154 valence electrons. The molecule has 0 aliphatic carbocycles. The predicted molar refractivity (Wildman–Crippen MR) is 108 cm³/mol. The summed E-state index contributed by atoms with van der Waals surface area (Å²) in [5.41, 5.74) is 1.15. The number of hydrogen-bond acceptors (Lipinski definition) is 4. The average molecular weight is 389 g/mol. The molecule has 0 saturated carbocycles. The number of nitrogens with one attached hydrogen (secondary N) is 2. The van der Waals surface area contributed by atoms with Crippen LogP contribution in [0.25, 0.3) is 0 Å². The van der Waals surface area contributed by atoms with Gasteiger partial charge in [0, 0.05) is 43.4 Å². The van der Waals surface area contributed by atoms with E-state index in [0.717, 1.165) is 6.42 Å². The predicted octanol–water partition coefficient (Wildman–Crippen LogP) is 2.43. The lowest BCUT2D eigenvalue weighted by molar-refractivity contribution is -0.129. The van der Waals surface area contributed by atoms with E-state index in [9.17, 15) is 14.4 Å². The van der Waals surface area contributed by atoms with E-state index in [1.54, 1.807) is 29.2 Å². The number of amides is 3. The van der Waals surface area contributed by atoms with Crippen LogP contribution in [0.3, 0.4) is 0 Å². The summed E-state index contributed by atoms with van der Waals surface area (Å²) in [5, 5.41) is 5.68. The number of hydrogen-bond donors (Lipinski definition) is 2. The fourth-order valence-corrected chi connectivity index (χ4v) is 3.05. The molecule has 0 spiro atoms. The van der Waals surface area contributed by atoms with Gasteiger partial charge in [-0.1, -0.05) is 0 Å². The number of ether oxygens (including phenoxy) is 1. The first-order chi connectivity index (χ1) is 13.3. The lowest BCUT2D eigenvalue weighted by Crippen LogP contribution is -2.33. The maximum Gasteiger partial charge on any atom is 0.251 e. The Morgan fingerprint density at radius 1 is 1.18 bits per heavy atom. The van der Waals surface area contributed by atoms with Gasteiger partial charge in [0.2, 0.25) is 11.8 Å². The fourth-order valence-electron chi connectivity index (χ4n) is 3.05. The van der Waals surface area contributed by atoms with E-state index >= 15 is 0 Å². The molecular formula is C21H31N3O4. The van der Waals surface area contributed by atoms with Crippen molar-refractivity contribution in [2.24, 2.45) is 5.92 Å². The third-order valence-electron chi connectivity index (χ3n) is 4.63. The molecule has 7 nitrogen and oxygen atoms in total. The molecule has 1 aliphatic heterocycles. The van der Waals surface area contributed by atoms with Crippen LogP contribution in [0, 0.1) is 5.92 Å². The van der Waals surface area contributed by atoms with Crippen molar-refractivity contribution in [3.63, 3.8) is 0 Å². The molecule has 1 aromatic rings. The Morgan fingerprint density at radius 3 is 2.43 bits per heavy atom. The molecule has 7 heteroatoms. The fraction of sp³-hybridized carbons (Fsp3) is 0.571. The van der Waals surface area contributed by atoms with E-state index in [0.29, 0.717) is 30.9 Å². The molecule has 1 fully saturated rings. The first-order valence-electron chi connectivity index (χ1n) is 9.88. The zero-order valence-electron chi connectivity index (χ0n) is 17.2. The van der Waals surface area contributed by atoms with Gasteiger partial charge in [0.1, 0.15) is 0 Å². The quantitative estimate of drug-likeness (QED) is 0.635. The topological polar surface area (TPSA) is 87.7 Å². The lowest BCUT2D eigenvalue weighted by atomic mass is 10.1. The zero-order chi connectivity index (χ0) is 20.7. The van der Waals surface area contributed by atoms with Crippen molar-refractivity contribution < 1.29 is 19.1 Å². The van der Waals surface area contributed by atoms with Crippen LogP contribution >= 0.6 is 0 Å². The molecule has 1 aromatic carbocycles. The number of benzene rings is 1. The van der Waals surface area contributed by atoms with E-state index in [2.05, 4.69) is 10.6 Å². The molecule has 0 aromatic heterocycles. The summed E-state index contributed by atoms with van der Waals surface area (Å²) >= 11 is 0. The van der Waals surface area contributed by atoms with Gasteiger partial charge in [0.25, 0.3) is 5.91 Å². The Morgan fingerprint density at radius 2 is 1.86 bits per heavy atom. The Bertz CT molecular complexity index is 685. The molecule has 0 radical (unpaired) electrons. The Hall–Kier alpha value is -2.41. The van der Waals surface area contributed by atoms with Crippen LogP contribution in [0.1, 0.15) is 50.9 Å². The number of carbonyl (C=O) groups excluding carboxylic acids is 3. The maximum atomic E-state index is 12.4. The third kappa shape index (κ3) is 6.34. The number of carbonyl (C=O) groups is 3. The summed E-state index contributed by atoms with van der Waals surface area (Å²) in [6, 6.07) is 6.85. The van der Waals surface area contributed by atoms with Crippen LogP contribution in [0.5, 0.6) is 0 Å². The molecule has 1 saturated heterocycles. The van der Waals surface area contributed by atoms with Gasteiger partial charge < -0.3 is 20.3 Å². The number of anilines is 1. The minimum absolute atomic E-state index is 0.0148. The molecule has 1 aliphatic rings. The van der Waals surface area contributed by atoms with Crippen molar-refractivity contribution in [2.75, 3.05) is 25.0 Å². The van der Waals surface area contributed by atoms with Gasteiger partial charge in [-0.05, 0) is 58.4 Å². The highest BCUT2D eigenvalue weighted by Crippen LogP contribution is 2.22. The normalized spacial score (nSPS) is 16.7. The van der Waals surface area contributed by atoms with Gasteiger partial charge in [-0.3, -0.25) is 14.4 Å². The highest BCUT2D eigenvalue weighted by Gasteiger charge is 2.35. The van der Waals surface area contributed by atoms with Crippen LogP contribution in [0.15, 0.2) is 24.3 Å². The van der Waals surface area contributed by atoms with E-state index < -0.39 is 0 Å². The van der Waals surface area contributed by atoms with Crippen molar-refractivity contribution in [2.45, 2.75) is 52.7 Å². The second-order valence-corrected chi connectivity index (χ2v) is 7.64.